The topological polar surface area (TPSA) is 51.7 Å². The molecule has 0 aliphatic rings. The maximum Gasteiger partial charge on any atom is 0.416 e. The number of alkyl halides is 3. The molecule has 5 nitrogen and oxygen atoms in total. The molecule has 0 aliphatic heterocycles. The Morgan fingerprint density at radius 1 is 1.14 bits per heavy atom. The second-order valence-corrected chi connectivity index (χ2v) is 9.44. The maximum absolute atomic E-state index is 12.9. The molecule has 0 aliphatic carbocycles. The fraction of sp³-hybridized carbons (Fsp3) is 0.407. The molecule has 0 spiro atoms. The van der Waals surface area contributed by atoms with Gasteiger partial charge in [0.2, 0.25) is 0 Å². The Bertz CT molecular complexity index is 1150. The van der Waals surface area contributed by atoms with E-state index in [4.69, 9.17) is 9.47 Å². The number of carbonyl (C=O) groups is 1. The number of halogens is 3. The molecule has 194 valence electrons. The number of benzene rings is 2. The summed E-state index contributed by atoms with van der Waals surface area (Å²) in [6.45, 7) is 9.83. The van der Waals surface area contributed by atoms with Crippen molar-refractivity contribution in [3.8, 4) is 16.3 Å². The number of esters is 1. The molecule has 0 radical (unpaired) electrons. The summed E-state index contributed by atoms with van der Waals surface area (Å²) in [4.78, 5) is 19.4. The lowest BCUT2D eigenvalue weighted by Gasteiger charge is -2.27. The molecule has 9 heteroatoms. The molecule has 36 heavy (non-hydrogen) atoms. The van der Waals surface area contributed by atoms with Gasteiger partial charge >= 0.3 is 12.1 Å². The van der Waals surface area contributed by atoms with E-state index in [1.807, 2.05) is 25.1 Å². The van der Waals surface area contributed by atoms with E-state index in [0.29, 0.717) is 22.9 Å². The van der Waals surface area contributed by atoms with Crippen LogP contribution >= 0.6 is 11.3 Å². The van der Waals surface area contributed by atoms with Gasteiger partial charge in [0.1, 0.15) is 10.8 Å². The summed E-state index contributed by atoms with van der Waals surface area (Å²) >= 11 is 1.49. The average molecular weight is 521 g/mol. The number of rotatable bonds is 11. The third-order valence-electron chi connectivity index (χ3n) is 6.00. The lowest BCUT2D eigenvalue weighted by molar-refractivity contribution is -0.145. The number of hydrogen-bond acceptors (Lipinski definition) is 6. The Labute approximate surface area is 213 Å². The van der Waals surface area contributed by atoms with Gasteiger partial charge in [-0.15, -0.1) is 11.3 Å². The van der Waals surface area contributed by atoms with Crippen LogP contribution < -0.4 is 4.74 Å². The number of thiazole rings is 1. The number of aromatic nitrogens is 1. The zero-order valence-electron chi connectivity index (χ0n) is 20.9. The molecule has 2 aromatic carbocycles. The Balaban J connectivity index is 1.64. The molecule has 0 saturated heterocycles. The molecule has 1 aromatic heterocycles. The van der Waals surface area contributed by atoms with Gasteiger partial charge in [-0.05, 0) is 69.1 Å². The molecule has 0 bridgehead atoms. The molecule has 3 rings (SSSR count). The van der Waals surface area contributed by atoms with Crippen molar-refractivity contribution in [3.63, 3.8) is 0 Å². The lowest BCUT2D eigenvalue weighted by Crippen LogP contribution is -2.28. The largest absolute Gasteiger partial charge is 0.482 e. The quantitative estimate of drug-likeness (QED) is 0.263. The van der Waals surface area contributed by atoms with E-state index in [1.165, 1.54) is 23.5 Å². The lowest BCUT2D eigenvalue weighted by atomic mass is 10.0. The van der Waals surface area contributed by atoms with E-state index in [0.717, 1.165) is 47.6 Å². The number of likely N-dealkylation sites (N-methyl/N-ethyl adjacent to an activating group) is 1. The number of carbonyl (C=O) groups excluding carboxylic acids is 1. The molecule has 1 heterocycles. The van der Waals surface area contributed by atoms with Gasteiger partial charge in [0, 0.05) is 29.2 Å². The number of aryl methyl sites for hydroxylation is 1. The molecule has 0 amide bonds. The highest BCUT2D eigenvalue weighted by molar-refractivity contribution is 7.15. The Morgan fingerprint density at radius 3 is 2.50 bits per heavy atom. The highest BCUT2D eigenvalue weighted by Gasteiger charge is 2.30. The van der Waals surface area contributed by atoms with Crippen molar-refractivity contribution in [1.82, 2.24) is 9.88 Å². The molecule has 1 unspecified atom stereocenters. The zero-order valence-corrected chi connectivity index (χ0v) is 21.7. The molecular weight excluding hydrogens is 489 g/mol. The van der Waals surface area contributed by atoms with Crippen molar-refractivity contribution in [2.75, 3.05) is 26.3 Å². The van der Waals surface area contributed by atoms with E-state index in [9.17, 15) is 18.0 Å². The first-order chi connectivity index (χ1) is 17.1. The molecule has 0 fully saturated rings. The van der Waals surface area contributed by atoms with Crippen LogP contribution in [0.5, 0.6) is 5.75 Å². The van der Waals surface area contributed by atoms with E-state index in [2.05, 4.69) is 23.7 Å². The molecule has 1 atom stereocenters. The van der Waals surface area contributed by atoms with Crippen LogP contribution in [-0.4, -0.2) is 42.2 Å². The van der Waals surface area contributed by atoms with Crippen molar-refractivity contribution in [2.45, 2.75) is 46.3 Å². The SMILES string of the molecule is CCOC(=O)COc1ccc(C)c(CCN(CC)C(C)c2cnc(-c3ccc(C(F)(F)F)cc3)s2)c1. The van der Waals surface area contributed by atoms with Crippen LogP contribution in [0, 0.1) is 6.92 Å². The second kappa shape index (κ2) is 12.4. The summed E-state index contributed by atoms with van der Waals surface area (Å²) in [6.07, 6.45) is -1.75. The Morgan fingerprint density at radius 2 is 1.86 bits per heavy atom. The van der Waals surface area contributed by atoms with Crippen molar-refractivity contribution in [2.24, 2.45) is 0 Å². The first kappa shape index (κ1) is 27.7. The average Bonchev–Trinajstić information content (AvgIpc) is 3.34. The van der Waals surface area contributed by atoms with Gasteiger partial charge in [-0.1, -0.05) is 25.1 Å². The third kappa shape index (κ3) is 7.30. The van der Waals surface area contributed by atoms with Crippen molar-refractivity contribution < 1.29 is 27.4 Å². The van der Waals surface area contributed by atoms with Crippen molar-refractivity contribution in [3.05, 3.63) is 70.2 Å². The highest BCUT2D eigenvalue weighted by atomic mass is 32.1. The first-order valence-electron chi connectivity index (χ1n) is 11.9. The van der Waals surface area contributed by atoms with E-state index in [-0.39, 0.29) is 12.6 Å². The summed E-state index contributed by atoms with van der Waals surface area (Å²) in [5.74, 6) is 0.231. The van der Waals surface area contributed by atoms with E-state index in [1.54, 1.807) is 13.1 Å². The summed E-state index contributed by atoms with van der Waals surface area (Å²) in [6, 6.07) is 11.0. The third-order valence-corrected chi connectivity index (χ3v) is 7.22. The van der Waals surface area contributed by atoms with E-state index < -0.39 is 17.7 Å². The van der Waals surface area contributed by atoms with Crippen LogP contribution in [0.25, 0.3) is 10.6 Å². The maximum atomic E-state index is 12.9. The predicted octanol–water partition coefficient (Wildman–Crippen LogP) is 6.70. The van der Waals surface area contributed by atoms with Gasteiger partial charge in [-0.2, -0.15) is 13.2 Å². The Kier molecular flexibility index (Phi) is 9.50. The van der Waals surface area contributed by atoms with Crippen LogP contribution in [0.15, 0.2) is 48.7 Å². The van der Waals surface area contributed by atoms with Crippen LogP contribution in [0.2, 0.25) is 0 Å². The van der Waals surface area contributed by atoms with Gasteiger partial charge in [-0.25, -0.2) is 9.78 Å². The fourth-order valence-corrected chi connectivity index (χ4v) is 4.84. The van der Waals surface area contributed by atoms with Crippen molar-refractivity contribution in [1.29, 1.82) is 0 Å². The summed E-state index contributed by atoms with van der Waals surface area (Å²) < 4.78 is 49.1. The zero-order chi connectivity index (χ0) is 26.3. The van der Waals surface area contributed by atoms with Gasteiger partial charge in [0.25, 0.3) is 0 Å². The van der Waals surface area contributed by atoms with E-state index >= 15 is 0 Å². The number of ether oxygens (including phenoxy) is 2. The standard InChI is InChI=1S/C27H31F3N2O3S/c1-5-32(14-13-21-15-23(12-7-18(21)3)35-17-25(33)34-6-2)19(4)24-16-31-26(36-24)20-8-10-22(11-9-20)27(28,29)30/h7-12,15-16,19H,5-6,13-14,17H2,1-4H3. The predicted molar refractivity (Wildman–Crippen MR) is 135 cm³/mol. The highest BCUT2D eigenvalue weighted by Crippen LogP contribution is 2.34. The first-order valence-corrected chi connectivity index (χ1v) is 12.7. The molecule has 0 saturated carbocycles. The summed E-state index contributed by atoms with van der Waals surface area (Å²) in [5, 5.41) is 0.698. The van der Waals surface area contributed by atoms with Crippen LogP contribution in [-0.2, 0) is 22.1 Å². The van der Waals surface area contributed by atoms with Crippen LogP contribution in [0.4, 0.5) is 13.2 Å². The normalized spacial score (nSPS) is 12.6. The van der Waals surface area contributed by atoms with Gasteiger partial charge in [0.15, 0.2) is 6.61 Å². The van der Waals surface area contributed by atoms with Crippen LogP contribution in [0.1, 0.15) is 48.4 Å². The number of hydrogen-bond donors (Lipinski definition) is 0. The smallest absolute Gasteiger partial charge is 0.416 e. The molecule has 3 aromatic rings. The minimum Gasteiger partial charge on any atom is -0.482 e. The summed E-state index contributed by atoms with van der Waals surface area (Å²) in [7, 11) is 0. The monoisotopic (exact) mass is 520 g/mol. The van der Waals surface area contributed by atoms with Gasteiger partial charge in [-0.3, -0.25) is 4.90 Å². The second-order valence-electron chi connectivity index (χ2n) is 8.38. The summed E-state index contributed by atoms with van der Waals surface area (Å²) in [5.41, 5.74) is 2.28. The molecule has 0 N–H and O–H groups in total. The van der Waals surface area contributed by atoms with Crippen LogP contribution in [0.3, 0.4) is 0 Å². The van der Waals surface area contributed by atoms with Gasteiger partial charge in [0.05, 0.1) is 12.2 Å². The minimum atomic E-state index is -4.35. The molecular formula is C27H31F3N2O3S. The van der Waals surface area contributed by atoms with Crippen molar-refractivity contribution >= 4 is 17.3 Å². The number of nitrogens with zero attached hydrogens (tertiary/aromatic N) is 2. The fourth-order valence-electron chi connectivity index (χ4n) is 3.84. The van der Waals surface area contributed by atoms with Gasteiger partial charge < -0.3 is 9.47 Å². The Hall–Kier alpha value is -2.91. The minimum absolute atomic E-state index is 0.0965.